The van der Waals surface area contributed by atoms with Gasteiger partial charge in [0, 0.05) is 31.0 Å². The highest BCUT2D eigenvalue weighted by atomic mass is 16.7. The van der Waals surface area contributed by atoms with Crippen molar-refractivity contribution in [2.45, 2.75) is 44.4 Å². The van der Waals surface area contributed by atoms with E-state index in [1.807, 2.05) is 48.5 Å². The van der Waals surface area contributed by atoms with Crippen LogP contribution in [0.5, 0.6) is 17.2 Å². The smallest absolute Gasteiger partial charge is 0.234 e. The molecule has 29 heavy (non-hydrogen) atoms. The zero-order chi connectivity index (χ0) is 20.1. The first-order valence-corrected chi connectivity index (χ1v) is 10.1. The molecule has 1 aromatic carbocycles. The number of nitrogens with one attached hydrogen (secondary N) is 1. The van der Waals surface area contributed by atoms with Gasteiger partial charge in [-0.1, -0.05) is 6.07 Å². The second-order valence-corrected chi connectivity index (χ2v) is 7.71. The first-order valence-electron chi connectivity index (χ1n) is 10.1. The van der Waals surface area contributed by atoms with E-state index in [-0.39, 0.29) is 24.8 Å². The van der Waals surface area contributed by atoms with E-state index in [2.05, 4.69) is 10.3 Å². The summed E-state index contributed by atoms with van der Waals surface area (Å²) in [5.41, 5.74) is 1.10. The summed E-state index contributed by atoms with van der Waals surface area (Å²) in [6.45, 7) is 1.35. The van der Waals surface area contributed by atoms with Crippen LogP contribution in [0.25, 0.3) is 0 Å². The lowest BCUT2D eigenvalue weighted by Gasteiger charge is -2.30. The maximum atomic E-state index is 12.4. The lowest BCUT2D eigenvalue weighted by atomic mass is 9.93. The van der Waals surface area contributed by atoms with Gasteiger partial charge in [0.1, 0.15) is 5.75 Å². The number of fused-ring (bicyclic) bond motifs is 1. The Bertz CT molecular complexity index is 822. The number of pyridine rings is 1. The van der Waals surface area contributed by atoms with Gasteiger partial charge in [-0.15, -0.1) is 0 Å². The third-order valence-corrected chi connectivity index (χ3v) is 5.27. The lowest BCUT2D eigenvalue weighted by Crippen LogP contribution is -2.43. The van der Waals surface area contributed by atoms with E-state index < -0.39 is 0 Å². The van der Waals surface area contributed by atoms with Gasteiger partial charge in [0.2, 0.25) is 12.7 Å². The Balaban J connectivity index is 1.18. The predicted octanol–water partition coefficient (Wildman–Crippen LogP) is 2.75. The number of rotatable bonds is 7. The van der Waals surface area contributed by atoms with Crippen molar-refractivity contribution in [2.24, 2.45) is 0 Å². The number of hydrogen-bond acceptors (Lipinski definition) is 6. The highest BCUT2D eigenvalue weighted by Gasteiger charge is 2.24. The average molecular weight is 397 g/mol. The molecule has 4 rings (SSSR count). The quantitative estimate of drug-likeness (QED) is 0.775. The Morgan fingerprint density at radius 1 is 1.21 bits per heavy atom. The monoisotopic (exact) mass is 397 g/mol. The minimum atomic E-state index is 0.0662. The summed E-state index contributed by atoms with van der Waals surface area (Å²) in [4.78, 5) is 18.5. The molecule has 2 heterocycles. The summed E-state index contributed by atoms with van der Waals surface area (Å²) >= 11 is 0. The Hall–Kier alpha value is -2.80. The largest absolute Gasteiger partial charge is 0.490 e. The summed E-state index contributed by atoms with van der Waals surface area (Å²) in [7, 11) is 1.95. The fraction of sp³-hybridized carbons (Fsp3) is 0.455. The molecule has 0 spiro atoms. The molecule has 0 atom stereocenters. The summed E-state index contributed by atoms with van der Waals surface area (Å²) < 4.78 is 16.8. The maximum Gasteiger partial charge on any atom is 0.234 e. The van der Waals surface area contributed by atoms with Gasteiger partial charge in [-0.25, -0.2) is 0 Å². The van der Waals surface area contributed by atoms with Crippen molar-refractivity contribution in [3.05, 3.63) is 48.3 Å². The molecule has 1 amide bonds. The molecule has 0 radical (unpaired) electrons. The molecule has 0 unspecified atom stereocenters. The third kappa shape index (κ3) is 5.38. The zero-order valence-electron chi connectivity index (χ0n) is 16.7. The van der Waals surface area contributed by atoms with Crippen molar-refractivity contribution in [2.75, 3.05) is 20.4 Å². The second kappa shape index (κ2) is 9.13. The summed E-state index contributed by atoms with van der Waals surface area (Å²) in [6.07, 6.45) is 7.44. The first kappa shape index (κ1) is 19.5. The fourth-order valence-electron chi connectivity index (χ4n) is 3.85. The van der Waals surface area contributed by atoms with Crippen LogP contribution in [0.3, 0.4) is 0 Å². The van der Waals surface area contributed by atoms with Gasteiger partial charge < -0.3 is 19.5 Å². The molecule has 0 bridgehead atoms. The number of benzene rings is 1. The molecule has 1 aliphatic carbocycles. The highest BCUT2D eigenvalue weighted by Crippen LogP contribution is 2.36. The van der Waals surface area contributed by atoms with Crippen molar-refractivity contribution in [3.8, 4) is 17.2 Å². The van der Waals surface area contributed by atoms with Gasteiger partial charge in [-0.2, -0.15) is 0 Å². The van der Waals surface area contributed by atoms with E-state index in [4.69, 9.17) is 14.2 Å². The Kier molecular flexibility index (Phi) is 6.14. The standard InChI is InChI=1S/C22H27N3O4/c1-25(13-16-3-2-10-23-12-16)14-22(26)24-17-4-6-18(7-5-17)29-19-8-9-20-21(11-19)28-15-27-20/h2-3,8-12,17-18H,4-7,13-15H2,1H3,(H,24,26). The molecule has 154 valence electrons. The van der Waals surface area contributed by atoms with Crippen molar-refractivity contribution in [1.29, 1.82) is 0 Å². The van der Waals surface area contributed by atoms with Gasteiger partial charge in [0.25, 0.3) is 0 Å². The van der Waals surface area contributed by atoms with Gasteiger partial charge >= 0.3 is 0 Å². The van der Waals surface area contributed by atoms with E-state index in [1.54, 1.807) is 6.20 Å². The van der Waals surface area contributed by atoms with Crippen LogP contribution in [0.1, 0.15) is 31.2 Å². The average Bonchev–Trinajstić information content (AvgIpc) is 3.18. The number of carbonyl (C=O) groups is 1. The number of nitrogens with zero attached hydrogens (tertiary/aromatic N) is 2. The summed E-state index contributed by atoms with van der Waals surface area (Å²) in [5.74, 6) is 2.37. The number of carbonyl (C=O) groups excluding carboxylic acids is 1. The Labute approximate surface area is 171 Å². The number of aromatic nitrogens is 1. The van der Waals surface area contributed by atoms with E-state index in [1.165, 1.54) is 0 Å². The Morgan fingerprint density at radius 3 is 2.83 bits per heavy atom. The zero-order valence-corrected chi connectivity index (χ0v) is 16.7. The highest BCUT2D eigenvalue weighted by molar-refractivity contribution is 5.78. The summed E-state index contributed by atoms with van der Waals surface area (Å²) in [6, 6.07) is 9.82. The summed E-state index contributed by atoms with van der Waals surface area (Å²) in [5, 5.41) is 3.17. The van der Waals surface area contributed by atoms with Gasteiger partial charge in [0.15, 0.2) is 11.5 Å². The molecular weight excluding hydrogens is 370 g/mol. The molecule has 0 saturated heterocycles. The van der Waals surface area contributed by atoms with E-state index in [0.29, 0.717) is 13.1 Å². The molecule has 1 N–H and O–H groups in total. The van der Waals surface area contributed by atoms with E-state index >= 15 is 0 Å². The van der Waals surface area contributed by atoms with Gasteiger partial charge in [-0.3, -0.25) is 14.7 Å². The van der Waals surface area contributed by atoms with Crippen molar-refractivity contribution >= 4 is 5.91 Å². The fourth-order valence-corrected chi connectivity index (χ4v) is 3.85. The maximum absolute atomic E-state index is 12.4. The molecule has 2 aliphatic rings. The number of hydrogen-bond donors (Lipinski definition) is 1. The van der Waals surface area contributed by atoms with E-state index in [9.17, 15) is 4.79 Å². The molecule has 7 heteroatoms. The number of amides is 1. The minimum Gasteiger partial charge on any atom is -0.490 e. The molecule has 2 aromatic rings. The van der Waals surface area contributed by atoms with Crippen molar-refractivity contribution in [1.82, 2.24) is 15.2 Å². The van der Waals surface area contributed by atoms with Crippen LogP contribution in [0, 0.1) is 0 Å². The Morgan fingerprint density at radius 2 is 2.03 bits per heavy atom. The van der Waals surface area contributed by atoms with Crippen LogP contribution >= 0.6 is 0 Å². The molecule has 1 saturated carbocycles. The van der Waals surface area contributed by atoms with Crippen LogP contribution in [-0.2, 0) is 11.3 Å². The normalized spacial score (nSPS) is 20.5. The molecule has 7 nitrogen and oxygen atoms in total. The van der Waals surface area contributed by atoms with Crippen molar-refractivity contribution in [3.63, 3.8) is 0 Å². The lowest BCUT2D eigenvalue weighted by molar-refractivity contribution is -0.123. The van der Waals surface area contributed by atoms with Crippen LogP contribution in [0.4, 0.5) is 0 Å². The van der Waals surface area contributed by atoms with E-state index in [0.717, 1.165) is 48.5 Å². The SMILES string of the molecule is CN(CC(=O)NC1CCC(Oc2ccc3c(c2)OCO3)CC1)Cc1cccnc1. The molecular formula is C22H27N3O4. The molecule has 1 aliphatic heterocycles. The van der Waals surface area contributed by atoms with Gasteiger partial charge in [0.05, 0.1) is 12.6 Å². The van der Waals surface area contributed by atoms with Crippen LogP contribution < -0.4 is 19.5 Å². The molecule has 1 fully saturated rings. The third-order valence-electron chi connectivity index (χ3n) is 5.27. The topological polar surface area (TPSA) is 72.9 Å². The van der Waals surface area contributed by atoms with Crippen LogP contribution in [0.2, 0.25) is 0 Å². The van der Waals surface area contributed by atoms with Crippen LogP contribution in [0.15, 0.2) is 42.7 Å². The predicted molar refractivity (Wildman–Crippen MR) is 108 cm³/mol. The first-order chi connectivity index (χ1) is 14.2. The number of likely N-dealkylation sites (N-methyl/N-ethyl adjacent to an activating group) is 1. The second-order valence-electron chi connectivity index (χ2n) is 7.71. The number of ether oxygens (including phenoxy) is 3. The molecule has 1 aromatic heterocycles. The van der Waals surface area contributed by atoms with Crippen molar-refractivity contribution < 1.29 is 19.0 Å². The van der Waals surface area contributed by atoms with Gasteiger partial charge in [-0.05, 0) is 56.5 Å². The minimum absolute atomic E-state index is 0.0662. The van der Waals surface area contributed by atoms with Crippen LogP contribution in [-0.4, -0.2) is 48.3 Å².